The SMILES string of the molecule is Fc1cc(C2CC2)cc(F)c1C1=Nc2cn[nH]c2-c2cnn3c2N1CC3. The summed E-state index contributed by atoms with van der Waals surface area (Å²) in [7, 11) is 0. The first-order chi connectivity index (χ1) is 12.7. The Balaban J connectivity index is 1.60. The zero-order valence-electron chi connectivity index (χ0n) is 13.7. The second-order valence-electron chi connectivity index (χ2n) is 6.96. The van der Waals surface area contributed by atoms with Gasteiger partial charge in [0.25, 0.3) is 0 Å². The second-order valence-corrected chi connectivity index (χ2v) is 6.96. The van der Waals surface area contributed by atoms with Crippen LogP contribution in [0.5, 0.6) is 0 Å². The summed E-state index contributed by atoms with van der Waals surface area (Å²) in [6.45, 7) is 1.21. The Labute approximate surface area is 147 Å². The molecule has 3 aliphatic rings. The number of aromatic nitrogens is 4. The van der Waals surface area contributed by atoms with Gasteiger partial charge in [-0.2, -0.15) is 10.2 Å². The maximum Gasteiger partial charge on any atom is 0.148 e. The van der Waals surface area contributed by atoms with Crippen LogP contribution >= 0.6 is 0 Å². The van der Waals surface area contributed by atoms with Crippen LogP contribution in [0.25, 0.3) is 11.3 Å². The van der Waals surface area contributed by atoms with E-state index in [4.69, 9.17) is 0 Å². The molecule has 1 N–H and O–H groups in total. The highest BCUT2D eigenvalue weighted by atomic mass is 19.1. The molecule has 1 saturated carbocycles. The number of aromatic amines is 1. The van der Waals surface area contributed by atoms with Gasteiger partial charge in [0.05, 0.1) is 35.8 Å². The summed E-state index contributed by atoms with van der Waals surface area (Å²) in [5.41, 5.74) is 2.74. The summed E-state index contributed by atoms with van der Waals surface area (Å²) in [5.74, 6) is 0.193. The lowest BCUT2D eigenvalue weighted by atomic mass is 10.0. The monoisotopic (exact) mass is 352 g/mol. The summed E-state index contributed by atoms with van der Waals surface area (Å²) in [6, 6.07) is 2.90. The lowest BCUT2D eigenvalue weighted by molar-refractivity contribution is 0.574. The van der Waals surface area contributed by atoms with Crippen molar-refractivity contribution in [1.82, 2.24) is 20.0 Å². The molecule has 6 rings (SSSR count). The number of halogens is 2. The van der Waals surface area contributed by atoms with Crippen molar-refractivity contribution in [3.63, 3.8) is 0 Å². The van der Waals surface area contributed by atoms with Crippen LogP contribution in [0.2, 0.25) is 0 Å². The summed E-state index contributed by atoms with van der Waals surface area (Å²) >= 11 is 0. The van der Waals surface area contributed by atoms with Gasteiger partial charge in [-0.1, -0.05) is 0 Å². The molecule has 0 bridgehead atoms. The molecule has 0 unspecified atom stereocenters. The van der Waals surface area contributed by atoms with Gasteiger partial charge in [0, 0.05) is 6.54 Å². The molecule has 1 aromatic carbocycles. The smallest absolute Gasteiger partial charge is 0.148 e. The van der Waals surface area contributed by atoms with Gasteiger partial charge in [-0.3, -0.25) is 5.10 Å². The van der Waals surface area contributed by atoms with Gasteiger partial charge >= 0.3 is 0 Å². The number of anilines is 1. The molecule has 0 saturated heterocycles. The number of fused-ring (bicyclic) bond motifs is 2. The zero-order chi connectivity index (χ0) is 17.4. The molecular formula is C18H14F2N6. The average molecular weight is 352 g/mol. The van der Waals surface area contributed by atoms with E-state index in [0.717, 1.165) is 29.8 Å². The van der Waals surface area contributed by atoms with Crippen molar-refractivity contribution in [2.75, 3.05) is 11.4 Å². The van der Waals surface area contributed by atoms with Crippen molar-refractivity contribution in [3.05, 3.63) is 47.3 Å². The van der Waals surface area contributed by atoms with Crippen LogP contribution in [0.15, 0.2) is 29.5 Å². The Morgan fingerprint density at radius 2 is 1.88 bits per heavy atom. The van der Waals surface area contributed by atoms with Crippen molar-refractivity contribution in [2.24, 2.45) is 4.99 Å². The van der Waals surface area contributed by atoms with Crippen molar-refractivity contribution in [1.29, 1.82) is 0 Å². The third-order valence-corrected chi connectivity index (χ3v) is 5.31. The number of amidine groups is 1. The Morgan fingerprint density at radius 1 is 1.08 bits per heavy atom. The predicted molar refractivity (Wildman–Crippen MR) is 91.7 cm³/mol. The van der Waals surface area contributed by atoms with Crippen LogP contribution in [0.4, 0.5) is 20.3 Å². The summed E-state index contributed by atoms with van der Waals surface area (Å²) < 4.78 is 31.7. The molecule has 2 aromatic heterocycles. The van der Waals surface area contributed by atoms with E-state index in [9.17, 15) is 8.78 Å². The van der Waals surface area contributed by atoms with Crippen molar-refractivity contribution in [2.45, 2.75) is 25.3 Å². The maximum atomic E-state index is 15.0. The van der Waals surface area contributed by atoms with Crippen molar-refractivity contribution >= 4 is 17.3 Å². The third kappa shape index (κ3) is 1.81. The first kappa shape index (κ1) is 14.2. The Hall–Kier alpha value is -3.03. The Morgan fingerprint density at radius 3 is 2.65 bits per heavy atom. The van der Waals surface area contributed by atoms with Crippen molar-refractivity contribution in [3.8, 4) is 11.3 Å². The fourth-order valence-electron chi connectivity index (χ4n) is 3.90. The standard InChI is InChI=1S/C18H14F2N6/c19-12-5-10(9-1-2-9)6-13(20)15(12)17-23-14-8-21-24-16(14)11-7-22-26-4-3-25(17)18(11)26/h5-9H,1-4H2,(H,21,24). The van der Waals surface area contributed by atoms with Gasteiger partial charge in [0.2, 0.25) is 0 Å². The largest absolute Gasteiger partial charge is 0.308 e. The van der Waals surface area contributed by atoms with Crippen LogP contribution in [0.3, 0.4) is 0 Å². The van der Waals surface area contributed by atoms with Crippen LogP contribution in [-0.2, 0) is 6.54 Å². The number of aliphatic imine (C=N–C) groups is 1. The van der Waals surface area contributed by atoms with E-state index in [1.807, 2.05) is 9.58 Å². The van der Waals surface area contributed by atoms with Crippen molar-refractivity contribution < 1.29 is 8.78 Å². The van der Waals surface area contributed by atoms with Gasteiger partial charge < -0.3 is 4.90 Å². The minimum Gasteiger partial charge on any atom is -0.308 e. The molecule has 3 aromatic rings. The lowest BCUT2D eigenvalue weighted by Gasteiger charge is -2.20. The van der Waals surface area contributed by atoms with Gasteiger partial charge in [0.1, 0.15) is 29.0 Å². The number of nitrogens with zero attached hydrogens (tertiary/aromatic N) is 5. The highest BCUT2D eigenvalue weighted by molar-refractivity contribution is 6.14. The Bertz CT molecular complexity index is 1070. The van der Waals surface area contributed by atoms with Gasteiger partial charge in [-0.25, -0.2) is 18.5 Å². The van der Waals surface area contributed by atoms with E-state index in [1.54, 1.807) is 12.4 Å². The van der Waals surface area contributed by atoms with Gasteiger partial charge in [-0.15, -0.1) is 0 Å². The van der Waals surface area contributed by atoms with Crippen LogP contribution in [0.1, 0.15) is 29.9 Å². The lowest BCUT2D eigenvalue weighted by Crippen LogP contribution is -2.31. The molecule has 0 atom stereocenters. The molecule has 26 heavy (non-hydrogen) atoms. The molecule has 4 heterocycles. The number of hydrogen-bond acceptors (Lipinski definition) is 4. The zero-order valence-corrected chi connectivity index (χ0v) is 13.7. The van der Waals surface area contributed by atoms with E-state index >= 15 is 0 Å². The molecule has 130 valence electrons. The highest BCUT2D eigenvalue weighted by Gasteiger charge is 2.36. The number of hydrogen-bond donors (Lipinski definition) is 1. The van der Waals surface area contributed by atoms with E-state index in [2.05, 4.69) is 20.3 Å². The highest BCUT2D eigenvalue weighted by Crippen LogP contribution is 2.43. The fourth-order valence-corrected chi connectivity index (χ4v) is 3.90. The van der Waals surface area contributed by atoms with Crippen LogP contribution < -0.4 is 4.90 Å². The summed E-state index contributed by atoms with van der Waals surface area (Å²) in [4.78, 5) is 6.42. The number of rotatable bonds is 2. The second kappa shape index (κ2) is 4.78. The number of H-pyrrole nitrogens is 1. The Kier molecular flexibility index (Phi) is 2.60. The first-order valence-electron chi connectivity index (χ1n) is 8.66. The van der Waals surface area contributed by atoms with E-state index in [-0.39, 0.29) is 17.3 Å². The van der Waals surface area contributed by atoms with Crippen LogP contribution in [-0.4, -0.2) is 32.4 Å². The number of benzene rings is 1. The summed E-state index contributed by atoms with van der Waals surface area (Å²) in [6.07, 6.45) is 5.29. The molecule has 1 aliphatic carbocycles. The molecule has 0 amide bonds. The quantitative estimate of drug-likeness (QED) is 0.769. The van der Waals surface area contributed by atoms with Gasteiger partial charge in [-0.05, 0) is 36.5 Å². The normalized spacial score (nSPS) is 17.8. The molecule has 6 nitrogen and oxygen atoms in total. The summed E-state index contributed by atoms with van der Waals surface area (Å²) in [5, 5.41) is 11.3. The predicted octanol–water partition coefficient (Wildman–Crippen LogP) is 3.34. The molecular weight excluding hydrogens is 338 g/mol. The first-order valence-corrected chi connectivity index (χ1v) is 8.66. The van der Waals surface area contributed by atoms with E-state index in [1.165, 1.54) is 12.1 Å². The van der Waals surface area contributed by atoms with Crippen LogP contribution in [0, 0.1) is 11.6 Å². The maximum absolute atomic E-state index is 15.0. The molecule has 8 heteroatoms. The van der Waals surface area contributed by atoms with E-state index < -0.39 is 11.6 Å². The third-order valence-electron chi connectivity index (χ3n) is 5.31. The van der Waals surface area contributed by atoms with Gasteiger partial charge in [0.15, 0.2) is 0 Å². The topological polar surface area (TPSA) is 62.1 Å². The fraction of sp³-hybridized carbons (Fsp3) is 0.278. The minimum absolute atomic E-state index is 0.0935. The average Bonchev–Trinajstić information content (AvgIpc) is 3.06. The van der Waals surface area contributed by atoms with E-state index in [0.29, 0.717) is 24.5 Å². The number of nitrogens with one attached hydrogen (secondary N) is 1. The molecule has 0 spiro atoms. The molecule has 0 radical (unpaired) electrons. The molecule has 1 fully saturated rings. The molecule has 2 aliphatic heterocycles. The minimum atomic E-state index is -0.572.